The van der Waals surface area contributed by atoms with Crippen molar-refractivity contribution in [3.05, 3.63) is 97.2 Å². The van der Waals surface area contributed by atoms with Crippen LogP contribution < -0.4 is 5.11 Å². The molecule has 0 aliphatic carbocycles. The summed E-state index contributed by atoms with van der Waals surface area (Å²) >= 11 is 0. The summed E-state index contributed by atoms with van der Waals surface area (Å²) < 4.78 is 22.7. The van der Waals surface area contributed by atoms with Crippen LogP contribution >= 0.6 is 0 Å². The Labute approximate surface area is 461 Å². The molecule has 0 spiro atoms. The van der Waals surface area contributed by atoms with Gasteiger partial charge in [0.2, 0.25) is 0 Å². The summed E-state index contributed by atoms with van der Waals surface area (Å²) in [5.41, 5.74) is 0. The van der Waals surface area contributed by atoms with E-state index in [4.69, 9.17) is 18.9 Å². The van der Waals surface area contributed by atoms with Crippen molar-refractivity contribution in [1.29, 1.82) is 0 Å². The quantitative estimate of drug-likeness (QED) is 0.0195. The minimum Gasteiger partial charge on any atom is -0.545 e. The summed E-state index contributed by atoms with van der Waals surface area (Å²) in [6.07, 6.45) is 73.1. The zero-order valence-corrected chi connectivity index (χ0v) is 48.9. The first-order chi connectivity index (χ1) is 36.6. The number of esters is 2. The summed E-state index contributed by atoms with van der Waals surface area (Å²) in [5.74, 6) is -2.30. The number of quaternary nitrogens is 1. The Morgan fingerprint density at radius 2 is 0.760 bits per heavy atom. The van der Waals surface area contributed by atoms with Gasteiger partial charge in [-0.3, -0.25) is 9.59 Å². The summed E-state index contributed by atoms with van der Waals surface area (Å²) in [6, 6.07) is 0. The Kier molecular flexibility index (Phi) is 53.6. The number of hydrogen-bond donors (Lipinski definition) is 0. The lowest BCUT2D eigenvalue weighted by atomic mass is 10.0. The predicted octanol–water partition coefficient (Wildman–Crippen LogP) is 16.8. The molecule has 0 rings (SSSR count). The predicted molar refractivity (Wildman–Crippen MR) is 315 cm³/mol. The zero-order chi connectivity index (χ0) is 54.8. The van der Waals surface area contributed by atoms with E-state index < -0.39 is 24.3 Å². The van der Waals surface area contributed by atoms with E-state index in [0.29, 0.717) is 17.4 Å². The Morgan fingerprint density at radius 3 is 1.13 bits per heavy atom. The zero-order valence-electron chi connectivity index (χ0n) is 48.9. The fourth-order valence-electron chi connectivity index (χ4n) is 8.16. The molecule has 0 aliphatic rings. The van der Waals surface area contributed by atoms with Gasteiger partial charge in [0.05, 0.1) is 40.3 Å². The molecule has 9 heteroatoms. The molecule has 75 heavy (non-hydrogen) atoms. The largest absolute Gasteiger partial charge is 0.545 e. The maximum Gasteiger partial charge on any atom is 0.306 e. The molecule has 0 aromatic rings. The first-order valence-electron chi connectivity index (χ1n) is 30.4. The smallest absolute Gasteiger partial charge is 0.306 e. The minimum atomic E-state index is -1.63. The van der Waals surface area contributed by atoms with Crippen LogP contribution in [0, 0.1) is 0 Å². The van der Waals surface area contributed by atoms with Gasteiger partial charge >= 0.3 is 11.9 Å². The second kappa shape index (κ2) is 56.4. The molecule has 0 radical (unpaired) electrons. The molecule has 0 aliphatic heterocycles. The van der Waals surface area contributed by atoms with Crippen LogP contribution in [0.25, 0.3) is 0 Å². The molecule has 0 fully saturated rings. The second-order valence-corrected chi connectivity index (χ2v) is 21.3. The number of carboxylic acids is 1. The van der Waals surface area contributed by atoms with Crippen molar-refractivity contribution in [2.24, 2.45) is 0 Å². The van der Waals surface area contributed by atoms with E-state index in [0.717, 1.165) is 103 Å². The fraction of sp³-hybridized carbons (Fsp3) is 0.712. The maximum atomic E-state index is 12.9. The van der Waals surface area contributed by atoms with Crippen LogP contribution in [0.2, 0.25) is 0 Å². The van der Waals surface area contributed by atoms with Gasteiger partial charge in [0.15, 0.2) is 12.4 Å². The number of likely N-dealkylation sites (N-methyl/N-ethyl adjacent to an activating group) is 1. The lowest BCUT2D eigenvalue weighted by Gasteiger charge is -2.26. The van der Waals surface area contributed by atoms with Crippen LogP contribution in [-0.2, 0) is 33.3 Å². The number of carboxylic acid groups (broad SMARTS) is 1. The van der Waals surface area contributed by atoms with Crippen LogP contribution in [0.3, 0.4) is 0 Å². The van der Waals surface area contributed by atoms with Gasteiger partial charge in [0, 0.05) is 12.8 Å². The van der Waals surface area contributed by atoms with Crippen molar-refractivity contribution in [2.75, 3.05) is 47.5 Å². The van der Waals surface area contributed by atoms with E-state index in [2.05, 4.69) is 111 Å². The normalized spacial score (nSPS) is 13.5. The molecular weight excluding hydrogens is 935 g/mol. The van der Waals surface area contributed by atoms with E-state index in [1.807, 2.05) is 21.1 Å². The van der Waals surface area contributed by atoms with Crippen molar-refractivity contribution in [3.8, 4) is 0 Å². The molecule has 0 bridgehead atoms. The lowest BCUT2D eigenvalue weighted by molar-refractivity contribution is -0.870. The van der Waals surface area contributed by atoms with Gasteiger partial charge in [-0.05, 0) is 96.3 Å². The lowest BCUT2D eigenvalue weighted by Crippen LogP contribution is -2.44. The minimum absolute atomic E-state index is 0.141. The summed E-state index contributed by atoms with van der Waals surface area (Å²) in [7, 11) is 5.92. The standard InChI is InChI=1S/C66H113NO8/c1-6-8-10-12-14-16-18-20-22-24-26-28-30-31-32-33-35-37-39-41-43-45-47-49-51-53-55-57-64(69)75-62(61-74-66(65(70)71)72-59-58-67(3,4)5)60-73-63(68)56-54-52-50-48-46-44-42-40-38-36-34-29-27-25-23-21-19-17-15-13-11-9-7-2/h8,10,14,16,19-22,25-28,31-32,34,36,62,66H,6-7,9,11-13,15,17-18,23-24,29-30,33,35,37-61H2,1-5H3/b10-8-,16-14-,21-19-,22-20-,27-25-,28-26-,32-31-,36-34-. The van der Waals surface area contributed by atoms with Crippen molar-refractivity contribution < 1.29 is 42.9 Å². The van der Waals surface area contributed by atoms with Gasteiger partial charge < -0.3 is 33.3 Å². The molecule has 0 aromatic heterocycles. The average Bonchev–Trinajstić information content (AvgIpc) is 3.38. The van der Waals surface area contributed by atoms with Gasteiger partial charge in [-0.15, -0.1) is 0 Å². The van der Waals surface area contributed by atoms with Gasteiger partial charge in [0.1, 0.15) is 13.2 Å². The van der Waals surface area contributed by atoms with Crippen molar-refractivity contribution >= 4 is 17.9 Å². The second-order valence-electron chi connectivity index (χ2n) is 21.3. The van der Waals surface area contributed by atoms with Crippen molar-refractivity contribution in [2.45, 2.75) is 257 Å². The van der Waals surface area contributed by atoms with Crippen molar-refractivity contribution in [1.82, 2.24) is 0 Å². The molecule has 0 aromatic carbocycles. The van der Waals surface area contributed by atoms with Crippen LogP contribution in [0.15, 0.2) is 97.2 Å². The Balaban J connectivity index is 4.26. The van der Waals surface area contributed by atoms with Crippen molar-refractivity contribution in [3.63, 3.8) is 0 Å². The molecule has 9 nitrogen and oxygen atoms in total. The van der Waals surface area contributed by atoms with Crippen LogP contribution in [-0.4, -0.2) is 82.3 Å². The topological polar surface area (TPSA) is 111 Å². The third-order valence-electron chi connectivity index (χ3n) is 12.8. The summed E-state index contributed by atoms with van der Waals surface area (Å²) in [4.78, 5) is 37.4. The first-order valence-corrected chi connectivity index (χ1v) is 30.4. The van der Waals surface area contributed by atoms with Crippen LogP contribution in [0.4, 0.5) is 0 Å². The maximum absolute atomic E-state index is 12.9. The monoisotopic (exact) mass is 1050 g/mol. The first kappa shape index (κ1) is 71.2. The molecule has 0 heterocycles. The highest BCUT2D eigenvalue weighted by molar-refractivity contribution is 5.70. The number of allylic oxidation sites excluding steroid dienone is 16. The van der Waals surface area contributed by atoms with Crippen LogP contribution in [0.1, 0.15) is 245 Å². The molecule has 0 saturated heterocycles. The van der Waals surface area contributed by atoms with Gasteiger partial charge in [-0.2, -0.15) is 0 Å². The number of carbonyl (C=O) groups excluding carboxylic acids is 3. The number of carbonyl (C=O) groups is 3. The van der Waals surface area contributed by atoms with E-state index in [-0.39, 0.29) is 38.6 Å². The Hall–Kier alpha value is -3.79. The van der Waals surface area contributed by atoms with E-state index in [9.17, 15) is 19.5 Å². The third-order valence-corrected chi connectivity index (χ3v) is 12.8. The summed E-state index contributed by atoms with van der Waals surface area (Å²) in [5, 5.41) is 11.8. The number of unbranched alkanes of at least 4 members (excludes halogenated alkanes) is 24. The fourth-order valence-corrected chi connectivity index (χ4v) is 8.16. The van der Waals surface area contributed by atoms with Gasteiger partial charge in [0.25, 0.3) is 0 Å². The summed E-state index contributed by atoms with van der Waals surface area (Å²) in [6.45, 7) is 4.62. The molecular formula is C66H113NO8. The number of ether oxygens (including phenoxy) is 4. The van der Waals surface area contributed by atoms with Gasteiger partial charge in [-0.25, -0.2) is 0 Å². The van der Waals surface area contributed by atoms with Crippen LogP contribution in [0.5, 0.6) is 0 Å². The average molecular weight is 1050 g/mol. The van der Waals surface area contributed by atoms with E-state index >= 15 is 0 Å². The van der Waals surface area contributed by atoms with Gasteiger partial charge in [-0.1, -0.05) is 233 Å². The third kappa shape index (κ3) is 57.7. The highest BCUT2D eigenvalue weighted by Crippen LogP contribution is 2.15. The number of hydrogen-bond acceptors (Lipinski definition) is 8. The molecule has 2 atom stereocenters. The molecule has 430 valence electrons. The molecule has 0 saturated carbocycles. The van der Waals surface area contributed by atoms with E-state index in [1.165, 1.54) is 109 Å². The number of nitrogens with zero attached hydrogens (tertiary/aromatic N) is 1. The molecule has 2 unspecified atom stereocenters. The number of rotatable bonds is 55. The molecule has 0 N–H and O–H groups in total. The highest BCUT2D eigenvalue weighted by Gasteiger charge is 2.22. The SMILES string of the molecule is CC/C=C\C/C=C\C/C=C\C/C=C\C/C=C\CCCCCCCCCCCCCC(=O)OC(COC(=O)CCCCCCCCCC/C=C\C/C=C\C/C=C\CCCCCCC)COC(OCC[N+](C)(C)C)C(=O)[O-]. The highest BCUT2D eigenvalue weighted by atomic mass is 16.7. The Morgan fingerprint density at radius 1 is 0.413 bits per heavy atom. The Bertz CT molecular complexity index is 1550. The molecule has 0 amide bonds. The number of aliphatic carboxylic acids is 1. The van der Waals surface area contributed by atoms with E-state index in [1.54, 1.807) is 0 Å².